The second-order valence-corrected chi connectivity index (χ2v) is 27.0. The summed E-state index contributed by atoms with van der Waals surface area (Å²) in [6.45, 7) is 4.22. The smallest absolute Gasteiger partial charge is 0.416 e. The number of hydrogen-bond donors (Lipinski definition) is 0. The number of rotatable bonds is 15. The molecule has 9 nitrogen and oxygen atoms in total. The van der Waals surface area contributed by atoms with Gasteiger partial charge in [0.25, 0.3) is 0 Å². The van der Waals surface area contributed by atoms with E-state index in [0.717, 1.165) is 113 Å². The normalized spacial score (nSPS) is 12.3. The van der Waals surface area contributed by atoms with E-state index in [0.29, 0.717) is 64.4 Å². The number of alkyl halides is 3. The first-order valence-corrected chi connectivity index (χ1v) is 35.2. The van der Waals surface area contributed by atoms with Crippen molar-refractivity contribution in [1.29, 1.82) is 0 Å². The number of aromatic nitrogens is 7. The zero-order valence-electron chi connectivity index (χ0n) is 56.1. The predicted octanol–water partition coefficient (Wildman–Crippen LogP) is 23.6. The molecule has 0 N–H and O–H groups in total. The van der Waals surface area contributed by atoms with Gasteiger partial charge in [0.05, 0.1) is 62.9 Å². The molecule has 0 atom stereocenters. The number of para-hydroxylation sites is 10. The fourth-order valence-corrected chi connectivity index (χ4v) is 16.8. The van der Waals surface area contributed by atoms with Gasteiger partial charge < -0.3 is 27.7 Å². The van der Waals surface area contributed by atoms with Gasteiger partial charge in [-0.25, -0.2) is 4.98 Å². The van der Waals surface area contributed by atoms with Gasteiger partial charge in [-0.15, -0.1) is 0 Å². The van der Waals surface area contributed by atoms with Gasteiger partial charge in [0.2, 0.25) is 0 Å². The van der Waals surface area contributed by atoms with Crippen LogP contribution in [0.3, 0.4) is 0 Å². The van der Waals surface area contributed by atoms with E-state index in [1.807, 2.05) is 78.9 Å². The molecule has 0 aliphatic carbocycles. The van der Waals surface area contributed by atoms with Gasteiger partial charge in [0, 0.05) is 105 Å². The van der Waals surface area contributed by atoms with E-state index in [4.69, 9.17) is 14.5 Å². The fourth-order valence-electron chi connectivity index (χ4n) is 16.8. The van der Waals surface area contributed by atoms with Crippen LogP contribution in [-0.4, -0.2) is 45.6 Å². The van der Waals surface area contributed by atoms with Crippen molar-refractivity contribution in [3.63, 3.8) is 0 Å². The van der Waals surface area contributed by atoms with Crippen molar-refractivity contribution in [3.05, 3.63) is 308 Å². The highest BCUT2D eigenvalue weighted by Gasteiger charge is 2.36. The molecular formula is C91H64F3N7O2. The summed E-state index contributed by atoms with van der Waals surface area (Å²) < 4.78 is 75.7. The van der Waals surface area contributed by atoms with Crippen molar-refractivity contribution in [3.8, 4) is 45.6 Å². The lowest BCUT2D eigenvalue weighted by atomic mass is 9.96. The summed E-state index contributed by atoms with van der Waals surface area (Å²) in [5.74, 6) is 2.42. The Morgan fingerprint density at radius 2 is 0.583 bits per heavy atom. The molecule has 496 valence electrons. The third-order valence-corrected chi connectivity index (χ3v) is 21.1. The van der Waals surface area contributed by atoms with Crippen LogP contribution in [0.4, 0.5) is 13.2 Å². The molecule has 0 radical (unpaired) electrons. The van der Waals surface area contributed by atoms with Crippen LogP contribution in [-0.2, 0) is 19.3 Å². The summed E-state index contributed by atoms with van der Waals surface area (Å²) >= 11 is 0. The Labute approximate surface area is 588 Å². The molecule has 0 aliphatic heterocycles. The maximum Gasteiger partial charge on any atom is 0.416 e. The summed E-state index contributed by atoms with van der Waals surface area (Å²) in [4.78, 5) is 6.37. The molecular weight excluding hydrogens is 1280 g/mol. The van der Waals surface area contributed by atoms with Crippen LogP contribution >= 0.6 is 0 Å². The topological polar surface area (TPSA) is 60.9 Å². The first-order chi connectivity index (χ1) is 50.7. The highest BCUT2D eigenvalue weighted by atomic mass is 19.4. The SMILES string of the molecule is Cc1cc(-c2c(-n3c4ccccc4c4ccccc43)c(-n3c4ccccc4c4cc(OCCCn5c6ccccc6c6ccccc65)ccc43)nc(-n3c4ccccc4c4cc(OCCCn5c6ccccc6c6ccccc65)ccc43)c2-n2c3ccccc3c3ccccc32)cc(C(F)(F)F)c1. The molecule has 20 rings (SSSR count). The third kappa shape index (κ3) is 9.50. The van der Waals surface area contributed by atoms with Crippen LogP contribution in [0.15, 0.2) is 297 Å². The fraction of sp³-hybridized carbons (Fsp3) is 0.0879. The van der Waals surface area contributed by atoms with Crippen LogP contribution in [0.2, 0.25) is 0 Å². The highest BCUT2D eigenvalue weighted by molar-refractivity contribution is 6.17. The molecule has 20 aromatic rings. The number of aryl methyl sites for hydroxylation is 3. The van der Waals surface area contributed by atoms with Crippen LogP contribution in [0, 0.1) is 6.92 Å². The third-order valence-electron chi connectivity index (χ3n) is 21.1. The van der Waals surface area contributed by atoms with Gasteiger partial charge in [-0.2, -0.15) is 13.2 Å². The van der Waals surface area contributed by atoms with Gasteiger partial charge in [-0.3, -0.25) is 9.13 Å². The summed E-state index contributed by atoms with van der Waals surface area (Å²) in [7, 11) is 0. The molecule has 7 heterocycles. The molecule has 0 fully saturated rings. The average Bonchev–Trinajstić information content (AvgIpc) is 1.53. The molecule has 0 saturated heterocycles. The largest absolute Gasteiger partial charge is 0.494 e. The van der Waals surface area contributed by atoms with Crippen molar-refractivity contribution in [2.75, 3.05) is 13.2 Å². The number of benzene rings is 13. The van der Waals surface area contributed by atoms with Crippen molar-refractivity contribution in [2.24, 2.45) is 0 Å². The molecule has 0 aliphatic rings. The summed E-state index contributed by atoms with van der Waals surface area (Å²) in [6.07, 6.45) is -3.20. The standard InChI is InChI=1S/C91H64F3N7O2/c1-57-52-58(54-59(53-57)91(92,93)94)86-87(98-78-38-16-6-28-66(78)67-29-7-17-39-79(67)98)89(100-82-42-20-10-32-70(82)72-55-60(44-46-84(72)100)102-50-22-48-96-74-34-12-2-24-62(74)63-25-3-13-35-75(63)96)95-90(88(86)99-80-40-18-8-30-68(80)69-31-9-19-41-81(69)99)101-83-43-21-11-33-71(83)73-56-61(45-47-85(73)101)103-51-23-49-97-76-36-14-4-26-64(76)65-27-5-15-37-77(65)97/h2-21,24-47,52-56H,22-23,48-51H2,1H3. The molecule has 0 bridgehead atoms. The first kappa shape index (κ1) is 60.2. The lowest BCUT2D eigenvalue weighted by molar-refractivity contribution is -0.137. The maximum absolute atomic E-state index is 16.1. The van der Waals surface area contributed by atoms with E-state index in [1.54, 1.807) is 6.92 Å². The molecule has 0 amide bonds. The van der Waals surface area contributed by atoms with E-state index in [9.17, 15) is 0 Å². The van der Waals surface area contributed by atoms with Gasteiger partial charge >= 0.3 is 6.18 Å². The lowest BCUT2D eigenvalue weighted by Gasteiger charge is -2.27. The van der Waals surface area contributed by atoms with Crippen LogP contribution in [0.5, 0.6) is 11.5 Å². The lowest BCUT2D eigenvalue weighted by Crippen LogP contribution is -2.16. The Hall–Kier alpha value is -12.8. The van der Waals surface area contributed by atoms with Crippen LogP contribution in [0.1, 0.15) is 24.0 Å². The minimum atomic E-state index is -4.71. The van der Waals surface area contributed by atoms with Gasteiger partial charge in [-0.1, -0.05) is 188 Å². The summed E-state index contributed by atoms with van der Waals surface area (Å²) in [5.41, 5.74) is 13.3. The van der Waals surface area contributed by atoms with Crippen molar-refractivity contribution < 1.29 is 22.6 Å². The molecule has 12 heteroatoms. The van der Waals surface area contributed by atoms with E-state index in [1.165, 1.54) is 55.7 Å². The number of hydrogen-bond acceptors (Lipinski definition) is 3. The zero-order chi connectivity index (χ0) is 68.6. The Morgan fingerprint density at radius 1 is 0.301 bits per heavy atom. The minimum Gasteiger partial charge on any atom is -0.494 e. The Morgan fingerprint density at radius 3 is 0.913 bits per heavy atom. The molecule has 13 aromatic carbocycles. The number of halogens is 3. The molecule has 7 aromatic heterocycles. The predicted molar refractivity (Wildman–Crippen MR) is 416 cm³/mol. The van der Waals surface area contributed by atoms with E-state index in [2.05, 4.69) is 234 Å². The molecule has 0 unspecified atom stereocenters. The van der Waals surface area contributed by atoms with E-state index < -0.39 is 11.7 Å². The monoisotopic (exact) mass is 1340 g/mol. The number of ether oxygens (including phenoxy) is 2. The highest BCUT2D eigenvalue weighted by Crippen LogP contribution is 2.50. The number of fused-ring (bicyclic) bond motifs is 18. The van der Waals surface area contributed by atoms with Gasteiger partial charge in [-0.05, 0) is 140 Å². The molecule has 0 spiro atoms. The first-order valence-electron chi connectivity index (χ1n) is 35.2. The van der Waals surface area contributed by atoms with E-state index >= 15 is 13.2 Å². The van der Waals surface area contributed by atoms with Crippen molar-refractivity contribution in [2.45, 2.75) is 39.0 Å². The number of nitrogens with zero attached hydrogens (tertiary/aromatic N) is 7. The van der Waals surface area contributed by atoms with Gasteiger partial charge in [0.1, 0.15) is 22.9 Å². The Bertz CT molecular complexity index is 6270. The summed E-state index contributed by atoms with van der Waals surface area (Å²) in [5, 5.41) is 12.6. The number of pyridine rings is 1. The average molecular weight is 1340 g/mol. The molecule has 0 saturated carbocycles. The second-order valence-electron chi connectivity index (χ2n) is 27.0. The van der Waals surface area contributed by atoms with Crippen molar-refractivity contribution in [1.82, 2.24) is 32.4 Å². The van der Waals surface area contributed by atoms with Crippen LogP contribution in [0.25, 0.3) is 165 Å². The van der Waals surface area contributed by atoms with Crippen molar-refractivity contribution >= 4 is 131 Å². The Balaban J connectivity index is 0.851. The Kier molecular flexibility index (Phi) is 13.8. The summed E-state index contributed by atoms with van der Waals surface area (Å²) in [6, 6.07) is 101. The minimum absolute atomic E-state index is 0.362. The van der Waals surface area contributed by atoms with E-state index in [-0.39, 0.29) is 0 Å². The van der Waals surface area contributed by atoms with Gasteiger partial charge in [0.15, 0.2) is 11.6 Å². The quantitative estimate of drug-likeness (QED) is 0.0961. The maximum atomic E-state index is 16.1. The van der Waals surface area contributed by atoms with Crippen LogP contribution < -0.4 is 9.47 Å². The molecule has 103 heavy (non-hydrogen) atoms. The zero-order valence-corrected chi connectivity index (χ0v) is 56.1. The second kappa shape index (κ2) is 23.7.